The molecule has 0 saturated carbocycles. The van der Waals surface area contributed by atoms with Crippen LogP contribution >= 0.6 is 0 Å². The highest BCUT2D eigenvalue weighted by molar-refractivity contribution is 5.84. The molecular weight excluding hydrogens is 522 g/mol. The van der Waals surface area contributed by atoms with Crippen LogP contribution in [0.3, 0.4) is 0 Å². The molecule has 0 N–H and O–H groups in total. The average molecular weight is 584 g/mol. The Morgan fingerprint density at radius 2 is 0.854 bits per heavy atom. The van der Waals surface area contributed by atoms with Crippen LogP contribution < -0.4 is 0 Å². The fourth-order valence-electron chi connectivity index (χ4n) is 4.93. The first-order valence-electron chi connectivity index (χ1n) is 16.4. The molecule has 0 saturated heterocycles. The number of esters is 3. The topological polar surface area (TPSA) is 99.2 Å². The Kier molecular flexibility index (Phi) is 21.3. The highest BCUT2D eigenvalue weighted by Crippen LogP contribution is 2.19. The number of amides is 1. The van der Waals surface area contributed by atoms with E-state index in [9.17, 15) is 19.2 Å². The second-order valence-corrected chi connectivity index (χ2v) is 11.6. The second-order valence-electron chi connectivity index (χ2n) is 11.6. The summed E-state index contributed by atoms with van der Waals surface area (Å²) < 4.78 is 17.1. The van der Waals surface area contributed by atoms with Crippen LogP contribution in [0, 0.1) is 17.8 Å². The summed E-state index contributed by atoms with van der Waals surface area (Å²) in [5, 5.41) is 0. The van der Waals surface area contributed by atoms with Gasteiger partial charge in [0.2, 0.25) is 0 Å². The van der Waals surface area contributed by atoms with Crippen LogP contribution in [0.1, 0.15) is 139 Å². The minimum atomic E-state index is -1.01. The van der Waals surface area contributed by atoms with E-state index in [1.807, 2.05) is 20.8 Å². The lowest BCUT2D eigenvalue weighted by Crippen LogP contribution is -2.48. The van der Waals surface area contributed by atoms with Crippen LogP contribution in [0.5, 0.6) is 0 Å². The lowest BCUT2D eigenvalue weighted by atomic mass is 9.99. The quantitative estimate of drug-likeness (QED) is 0.0922. The van der Waals surface area contributed by atoms with Crippen LogP contribution in [0.2, 0.25) is 0 Å². The van der Waals surface area contributed by atoms with Crippen molar-refractivity contribution in [1.82, 2.24) is 4.90 Å². The van der Waals surface area contributed by atoms with Gasteiger partial charge in [-0.05, 0) is 59.3 Å². The van der Waals surface area contributed by atoms with Crippen LogP contribution in [-0.4, -0.2) is 60.1 Å². The van der Waals surface area contributed by atoms with Crippen molar-refractivity contribution < 1.29 is 33.4 Å². The molecule has 6 atom stereocenters. The molecule has 41 heavy (non-hydrogen) atoms. The molecule has 0 aliphatic heterocycles. The normalized spacial score (nSPS) is 15.6. The van der Waals surface area contributed by atoms with E-state index >= 15 is 0 Å². The molecule has 0 rings (SSSR count). The molecule has 0 aromatic heterocycles. The molecule has 0 spiro atoms. The van der Waals surface area contributed by atoms with Crippen molar-refractivity contribution in [2.45, 2.75) is 158 Å². The summed E-state index contributed by atoms with van der Waals surface area (Å²) in [4.78, 5) is 53.5. The fraction of sp³-hybridized carbons (Fsp3) is 0.879. The lowest BCUT2D eigenvalue weighted by molar-refractivity contribution is -0.166. The van der Waals surface area contributed by atoms with Crippen molar-refractivity contribution >= 4 is 23.8 Å². The molecule has 8 nitrogen and oxygen atoms in total. The molecule has 0 aliphatic carbocycles. The van der Waals surface area contributed by atoms with Crippen molar-refractivity contribution in [3.63, 3.8) is 0 Å². The highest BCUT2D eigenvalue weighted by Gasteiger charge is 2.31. The molecule has 0 fully saturated rings. The monoisotopic (exact) mass is 583 g/mol. The van der Waals surface area contributed by atoms with E-state index < -0.39 is 24.2 Å². The molecule has 0 bridgehead atoms. The molecule has 240 valence electrons. The van der Waals surface area contributed by atoms with Gasteiger partial charge in [0.25, 0.3) is 5.91 Å². The summed E-state index contributed by atoms with van der Waals surface area (Å²) in [6.07, 6.45) is 7.96. The van der Waals surface area contributed by atoms with Gasteiger partial charge in [0.1, 0.15) is 12.2 Å². The van der Waals surface area contributed by atoms with Gasteiger partial charge in [-0.25, -0.2) is 0 Å². The summed E-state index contributed by atoms with van der Waals surface area (Å²) >= 11 is 0. The van der Waals surface area contributed by atoms with Crippen molar-refractivity contribution in [2.24, 2.45) is 17.8 Å². The maximum atomic E-state index is 13.6. The second kappa shape index (κ2) is 22.5. The maximum absolute atomic E-state index is 13.6. The molecule has 8 heteroatoms. The molecule has 0 aliphatic rings. The Bertz CT molecular complexity index is 718. The van der Waals surface area contributed by atoms with Gasteiger partial charge in [0, 0.05) is 0 Å². The lowest BCUT2D eigenvalue weighted by Gasteiger charge is -2.31. The zero-order valence-corrected chi connectivity index (χ0v) is 27.7. The van der Waals surface area contributed by atoms with Crippen LogP contribution in [0.25, 0.3) is 0 Å². The molecular formula is C33H61NO7. The first-order chi connectivity index (χ1) is 19.5. The number of hydrogen-bond acceptors (Lipinski definition) is 7. The maximum Gasteiger partial charge on any atom is 0.309 e. The van der Waals surface area contributed by atoms with Crippen LogP contribution in [0.4, 0.5) is 0 Å². The van der Waals surface area contributed by atoms with Gasteiger partial charge in [0.05, 0.1) is 30.8 Å². The molecule has 0 radical (unpaired) electrons. The van der Waals surface area contributed by atoms with Gasteiger partial charge in [0.15, 0.2) is 6.10 Å². The summed E-state index contributed by atoms with van der Waals surface area (Å²) in [5.74, 6) is -1.89. The third kappa shape index (κ3) is 15.6. The van der Waals surface area contributed by atoms with E-state index in [-0.39, 0.29) is 48.8 Å². The van der Waals surface area contributed by atoms with Gasteiger partial charge < -0.3 is 19.1 Å². The summed E-state index contributed by atoms with van der Waals surface area (Å²) in [6, 6.07) is 0. The van der Waals surface area contributed by atoms with E-state index in [1.54, 1.807) is 20.8 Å². The minimum absolute atomic E-state index is 0.110. The molecule has 0 aromatic rings. The molecule has 0 heterocycles. The SMILES string of the molecule is CCCC[C@@H](CC)C(=O)O[C@@H](C)C(=O)N(C[C@H](C)OC(=O)[C@H](CC)CCCC)C[C@H](C)OC(=O)[C@@H](CC)CCCC. The first-order valence-corrected chi connectivity index (χ1v) is 16.4. The number of carbonyl (C=O) groups excluding carboxylic acids is 4. The molecule has 0 unspecified atom stereocenters. The number of hydrogen-bond donors (Lipinski definition) is 0. The van der Waals surface area contributed by atoms with Gasteiger partial charge >= 0.3 is 17.9 Å². The number of nitrogens with zero attached hydrogens (tertiary/aromatic N) is 1. The largest absolute Gasteiger partial charge is 0.461 e. The van der Waals surface area contributed by atoms with E-state index in [2.05, 4.69) is 20.8 Å². The predicted octanol–water partition coefficient (Wildman–Crippen LogP) is 7.26. The number of rotatable bonds is 23. The summed E-state index contributed by atoms with van der Waals surface area (Å²) in [5.41, 5.74) is 0. The Balaban J connectivity index is 5.63. The summed E-state index contributed by atoms with van der Waals surface area (Å²) in [6.45, 7) is 17.5. The van der Waals surface area contributed by atoms with E-state index in [1.165, 1.54) is 4.90 Å². The predicted molar refractivity (Wildman–Crippen MR) is 163 cm³/mol. The third-order valence-electron chi connectivity index (χ3n) is 7.74. The number of ether oxygens (including phenoxy) is 3. The molecule has 0 aromatic carbocycles. The fourth-order valence-corrected chi connectivity index (χ4v) is 4.93. The van der Waals surface area contributed by atoms with Gasteiger partial charge in [-0.15, -0.1) is 0 Å². The molecule has 1 amide bonds. The smallest absolute Gasteiger partial charge is 0.309 e. The highest BCUT2D eigenvalue weighted by atomic mass is 16.6. The van der Waals surface area contributed by atoms with Crippen molar-refractivity contribution in [2.75, 3.05) is 13.1 Å². The van der Waals surface area contributed by atoms with E-state index in [0.29, 0.717) is 19.3 Å². The van der Waals surface area contributed by atoms with Crippen LogP contribution in [-0.2, 0) is 33.4 Å². The Labute approximate surface area is 250 Å². The average Bonchev–Trinajstić information content (AvgIpc) is 2.93. The standard InChI is InChI=1S/C33H61NO7/c1-10-16-19-27(13-4)31(36)39-24(7)22-34(23-25(8)40-32(37)28(14-5)20-17-11-2)30(35)26(9)41-33(38)29(15-6)21-18-12-3/h24-29H,10-23H2,1-9H3/t24-,25-,26-,27-,28+,29+/m0/s1. The third-order valence-corrected chi connectivity index (χ3v) is 7.74. The minimum Gasteiger partial charge on any atom is -0.461 e. The first kappa shape index (κ1) is 38.9. The number of carbonyl (C=O) groups is 4. The Morgan fingerprint density at radius 1 is 0.537 bits per heavy atom. The van der Waals surface area contributed by atoms with Crippen molar-refractivity contribution in [1.29, 1.82) is 0 Å². The van der Waals surface area contributed by atoms with E-state index in [4.69, 9.17) is 14.2 Å². The Hall–Kier alpha value is -2.12. The van der Waals surface area contributed by atoms with Crippen LogP contribution in [0.15, 0.2) is 0 Å². The van der Waals surface area contributed by atoms with Gasteiger partial charge in [-0.3, -0.25) is 19.2 Å². The van der Waals surface area contributed by atoms with Crippen molar-refractivity contribution in [3.8, 4) is 0 Å². The number of unbranched alkanes of at least 4 members (excludes halogenated alkanes) is 3. The zero-order chi connectivity index (χ0) is 31.4. The Morgan fingerprint density at radius 3 is 1.15 bits per heavy atom. The van der Waals surface area contributed by atoms with E-state index in [0.717, 1.165) is 57.8 Å². The van der Waals surface area contributed by atoms with Gasteiger partial charge in [-0.1, -0.05) is 80.1 Å². The van der Waals surface area contributed by atoms with Crippen molar-refractivity contribution in [3.05, 3.63) is 0 Å². The summed E-state index contributed by atoms with van der Waals surface area (Å²) in [7, 11) is 0. The zero-order valence-electron chi connectivity index (χ0n) is 27.7. The van der Waals surface area contributed by atoms with Gasteiger partial charge in [-0.2, -0.15) is 0 Å².